The summed E-state index contributed by atoms with van der Waals surface area (Å²) in [6.45, 7) is 7.36. The number of ether oxygens (including phenoxy) is 1. The number of amides is 1. The minimum absolute atomic E-state index is 0.0787. The van der Waals surface area contributed by atoms with Crippen molar-refractivity contribution in [1.29, 1.82) is 0 Å². The molecule has 0 bridgehead atoms. The third kappa shape index (κ3) is 5.07. The third-order valence-electron chi connectivity index (χ3n) is 4.30. The predicted molar refractivity (Wildman–Crippen MR) is 107 cm³/mol. The van der Waals surface area contributed by atoms with Crippen molar-refractivity contribution in [2.75, 3.05) is 0 Å². The van der Waals surface area contributed by atoms with Crippen LogP contribution in [-0.2, 0) is 11.3 Å². The van der Waals surface area contributed by atoms with E-state index in [4.69, 9.17) is 9.26 Å². The van der Waals surface area contributed by atoms with Gasteiger partial charge in [0.05, 0.1) is 0 Å². The predicted octanol–water partition coefficient (Wildman–Crippen LogP) is 4.02. The van der Waals surface area contributed by atoms with Gasteiger partial charge in [-0.05, 0) is 51.1 Å². The highest BCUT2D eigenvalue weighted by atomic mass is 16.5. The van der Waals surface area contributed by atoms with Gasteiger partial charge in [-0.1, -0.05) is 28.9 Å². The zero-order chi connectivity index (χ0) is 21.0. The van der Waals surface area contributed by atoms with Crippen molar-refractivity contribution in [3.63, 3.8) is 0 Å². The summed E-state index contributed by atoms with van der Waals surface area (Å²) in [6.07, 6.45) is 0. The first kappa shape index (κ1) is 20.3. The number of aryl methyl sites for hydroxylation is 1. The van der Waals surface area contributed by atoms with Gasteiger partial charge in [-0.15, -0.1) is 0 Å². The van der Waals surface area contributed by atoms with Gasteiger partial charge in [-0.2, -0.15) is 4.98 Å². The molecular formula is C22H23N3O4. The number of rotatable bonds is 6. The number of aromatic nitrogens is 2. The van der Waals surface area contributed by atoms with E-state index in [9.17, 15) is 9.59 Å². The van der Waals surface area contributed by atoms with Crippen LogP contribution in [0.1, 0.15) is 42.6 Å². The van der Waals surface area contributed by atoms with Gasteiger partial charge in [-0.25, -0.2) is 0 Å². The largest absolute Gasteiger partial charge is 0.427 e. The van der Waals surface area contributed by atoms with Crippen LogP contribution in [0.25, 0.3) is 11.4 Å². The van der Waals surface area contributed by atoms with Crippen LogP contribution < -0.4 is 4.74 Å². The van der Waals surface area contributed by atoms with Crippen LogP contribution >= 0.6 is 0 Å². The molecule has 7 nitrogen and oxygen atoms in total. The van der Waals surface area contributed by atoms with Crippen LogP contribution in [0.2, 0.25) is 0 Å². The van der Waals surface area contributed by atoms with Crippen molar-refractivity contribution in [2.24, 2.45) is 0 Å². The summed E-state index contributed by atoms with van der Waals surface area (Å²) in [4.78, 5) is 30.1. The Labute approximate surface area is 169 Å². The Bertz CT molecular complexity index is 1010. The second-order valence-electron chi connectivity index (χ2n) is 7.03. The number of esters is 1. The first-order valence-electron chi connectivity index (χ1n) is 9.32. The standard InChI is InChI=1S/C22H23N3O4/c1-14(2)25(22(27)17-8-10-19(11-9-17)28-16(4)26)13-20-23-21(24-29-20)18-7-5-6-15(3)12-18/h5-12,14H,13H2,1-4H3. The lowest BCUT2D eigenvalue weighted by atomic mass is 10.1. The molecule has 3 rings (SSSR count). The Kier molecular flexibility index (Phi) is 6.07. The highest BCUT2D eigenvalue weighted by molar-refractivity contribution is 5.94. The molecule has 0 fully saturated rings. The second kappa shape index (κ2) is 8.68. The Balaban J connectivity index is 1.76. The first-order valence-corrected chi connectivity index (χ1v) is 9.32. The van der Waals surface area contributed by atoms with E-state index < -0.39 is 5.97 Å². The SMILES string of the molecule is CC(=O)Oc1ccc(C(=O)N(Cc2nc(-c3cccc(C)c3)no2)C(C)C)cc1. The molecular weight excluding hydrogens is 370 g/mol. The number of carbonyl (C=O) groups is 2. The van der Waals surface area contributed by atoms with E-state index in [1.165, 1.54) is 6.92 Å². The van der Waals surface area contributed by atoms with Crippen molar-refractivity contribution in [1.82, 2.24) is 15.0 Å². The van der Waals surface area contributed by atoms with Gasteiger partial charge < -0.3 is 14.2 Å². The molecule has 150 valence electrons. The van der Waals surface area contributed by atoms with E-state index in [-0.39, 0.29) is 18.5 Å². The molecule has 0 spiro atoms. The summed E-state index contributed by atoms with van der Waals surface area (Å²) in [5, 5.41) is 4.04. The minimum Gasteiger partial charge on any atom is -0.427 e. The van der Waals surface area contributed by atoms with Crippen molar-refractivity contribution < 1.29 is 18.8 Å². The average Bonchev–Trinajstić information content (AvgIpc) is 3.14. The maximum Gasteiger partial charge on any atom is 0.308 e. The Morgan fingerprint density at radius 3 is 2.48 bits per heavy atom. The molecule has 0 aliphatic carbocycles. The molecule has 0 saturated carbocycles. The molecule has 0 saturated heterocycles. The molecule has 0 aliphatic heterocycles. The molecule has 3 aromatic rings. The highest BCUT2D eigenvalue weighted by Gasteiger charge is 2.22. The third-order valence-corrected chi connectivity index (χ3v) is 4.30. The lowest BCUT2D eigenvalue weighted by Gasteiger charge is -2.25. The quantitative estimate of drug-likeness (QED) is 0.464. The number of hydrogen-bond donors (Lipinski definition) is 0. The van der Waals surface area contributed by atoms with E-state index in [0.29, 0.717) is 23.0 Å². The number of nitrogens with zero attached hydrogens (tertiary/aromatic N) is 3. The minimum atomic E-state index is -0.409. The molecule has 0 unspecified atom stereocenters. The lowest BCUT2D eigenvalue weighted by molar-refractivity contribution is -0.131. The smallest absolute Gasteiger partial charge is 0.308 e. The highest BCUT2D eigenvalue weighted by Crippen LogP contribution is 2.20. The maximum absolute atomic E-state index is 13.0. The van der Waals surface area contributed by atoms with Crippen molar-refractivity contribution in [2.45, 2.75) is 40.3 Å². The maximum atomic E-state index is 13.0. The first-order chi connectivity index (χ1) is 13.8. The molecule has 1 heterocycles. The van der Waals surface area contributed by atoms with Crippen LogP contribution in [0.4, 0.5) is 0 Å². The second-order valence-corrected chi connectivity index (χ2v) is 7.03. The zero-order valence-electron chi connectivity index (χ0n) is 16.9. The van der Waals surface area contributed by atoms with Crippen molar-refractivity contribution >= 4 is 11.9 Å². The molecule has 0 atom stereocenters. The summed E-state index contributed by atoms with van der Waals surface area (Å²) >= 11 is 0. The molecule has 7 heteroatoms. The molecule has 0 radical (unpaired) electrons. The topological polar surface area (TPSA) is 85.5 Å². The van der Waals surface area contributed by atoms with E-state index in [1.807, 2.05) is 45.0 Å². The lowest BCUT2D eigenvalue weighted by Crippen LogP contribution is -2.36. The van der Waals surface area contributed by atoms with Gasteiger partial charge in [-0.3, -0.25) is 9.59 Å². The molecule has 1 amide bonds. The molecule has 29 heavy (non-hydrogen) atoms. The van der Waals surface area contributed by atoms with E-state index >= 15 is 0 Å². The summed E-state index contributed by atoms with van der Waals surface area (Å²) in [5.41, 5.74) is 2.45. The van der Waals surface area contributed by atoms with E-state index in [0.717, 1.165) is 11.1 Å². The number of benzene rings is 2. The summed E-state index contributed by atoms with van der Waals surface area (Å²) in [5.74, 6) is 0.661. The van der Waals surface area contributed by atoms with Crippen LogP contribution in [-0.4, -0.2) is 33.0 Å². The number of hydrogen-bond acceptors (Lipinski definition) is 6. The van der Waals surface area contributed by atoms with Crippen LogP contribution in [0.15, 0.2) is 53.1 Å². The number of carbonyl (C=O) groups excluding carboxylic acids is 2. The molecule has 0 N–H and O–H groups in total. The van der Waals surface area contributed by atoms with Gasteiger partial charge in [0.25, 0.3) is 5.91 Å². The van der Waals surface area contributed by atoms with Crippen LogP contribution in [0.5, 0.6) is 5.75 Å². The van der Waals surface area contributed by atoms with E-state index in [2.05, 4.69) is 10.1 Å². The van der Waals surface area contributed by atoms with Crippen molar-refractivity contribution in [3.8, 4) is 17.1 Å². The Hall–Kier alpha value is -3.48. The summed E-state index contributed by atoms with van der Waals surface area (Å²) in [7, 11) is 0. The fraction of sp³-hybridized carbons (Fsp3) is 0.273. The van der Waals surface area contributed by atoms with Crippen molar-refractivity contribution in [3.05, 3.63) is 65.5 Å². The van der Waals surface area contributed by atoms with Gasteiger partial charge in [0.1, 0.15) is 12.3 Å². The van der Waals surface area contributed by atoms with Gasteiger partial charge in [0.2, 0.25) is 11.7 Å². The van der Waals surface area contributed by atoms with Crippen LogP contribution in [0, 0.1) is 6.92 Å². The van der Waals surface area contributed by atoms with Crippen LogP contribution in [0.3, 0.4) is 0 Å². The fourth-order valence-electron chi connectivity index (χ4n) is 2.85. The Morgan fingerprint density at radius 1 is 1.14 bits per heavy atom. The fourth-order valence-corrected chi connectivity index (χ4v) is 2.85. The van der Waals surface area contributed by atoms with E-state index in [1.54, 1.807) is 29.2 Å². The summed E-state index contributed by atoms with van der Waals surface area (Å²) < 4.78 is 10.4. The summed E-state index contributed by atoms with van der Waals surface area (Å²) in [6, 6.07) is 14.2. The van der Waals surface area contributed by atoms with Gasteiger partial charge in [0.15, 0.2) is 0 Å². The Morgan fingerprint density at radius 2 is 1.86 bits per heavy atom. The molecule has 0 aliphatic rings. The monoisotopic (exact) mass is 393 g/mol. The zero-order valence-corrected chi connectivity index (χ0v) is 16.9. The normalized spacial score (nSPS) is 10.8. The van der Waals surface area contributed by atoms with Gasteiger partial charge >= 0.3 is 5.97 Å². The average molecular weight is 393 g/mol. The van der Waals surface area contributed by atoms with Gasteiger partial charge in [0, 0.05) is 24.1 Å². The molecule has 1 aromatic heterocycles. The molecule has 2 aromatic carbocycles.